The normalized spacial score (nSPS) is 22.3. The second kappa shape index (κ2) is 7.36. The van der Waals surface area contributed by atoms with Gasteiger partial charge in [0.15, 0.2) is 0 Å². The molecule has 0 spiro atoms. The molecular formula is C19H28N2O3S. The molecule has 1 aromatic rings. The molecule has 25 heavy (non-hydrogen) atoms. The molecule has 3 heterocycles. The highest BCUT2D eigenvalue weighted by Gasteiger charge is 2.36. The first-order valence-corrected chi connectivity index (χ1v) is 10.1. The number of likely N-dealkylation sites (tertiary alicyclic amines) is 2. The highest BCUT2D eigenvalue weighted by Crippen LogP contribution is 2.35. The maximum atomic E-state index is 13.0. The fourth-order valence-corrected chi connectivity index (χ4v) is 4.42. The quantitative estimate of drug-likeness (QED) is 0.795. The summed E-state index contributed by atoms with van der Waals surface area (Å²) in [7, 11) is 0. The molecule has 2 amide bonds. The Balaban J connectivity index is 1.56. The number of piperidine rings is 1. The molecule has 2 fully saturated rings. The number of thiophene rings is 1. The molecule has 1 unspecified atom stereocenters. The predicted octanol–water partition coefficient (Wildman–Crippen LogP) is 4.06. The molecule has 2 aliphatic heterocycles. The van der Waals surface area contributed by atoms with Gasteiger partial charge in [-0.15, -0.1) is 0 Å². The summed E-state index contributed by atoms with van der Waals surface area (Å²) in [5.41, 5.74) is 0.787. The summed E-state index contributed by atoms with van der Waals surface area (Å²) >= 11 is 1.69. The van der Waals surface area contributed by atoms with Crippen LogP contribution in [0.4, 0.5) is 4.79 Å². The zero-order valence-corrected chi connectivity index (χ0v) is 16.2. The standard InChI is InChI=1S/C19H28N2O3S/c1-19(2,3)24-18(23)20-10-6-14(7-11-20)17(22)21-9-4-5-16(21)15-8-12-25-13-15/h8,12-14,16H,4-7,9-11H2,1-3H3. The van der Waals surface area contributed by atoms with Gasteiger partial charge >= 0.3 is 6.09 Å². The van der Waals surface area contributed by atoms with Crippen LogP contribution in [-0.2, 0) is 9.53 Å². The average molecular weight is 365 g/mol. The van der Waals surface area contributed by atoms with Crippen molar-refractivity contribution in [3.63, 3.8) is 0 Å². The molecule has 2 saturated heterocycles. The molecule has 2 aliphatic rings. The van der Waals surface area contributed by atoms with Crippen LogP contribution < -0.4 is 0 Å². The fourth-order valence-electron chi connectivity index (χ4n) is 3.71. The third-order valence-electron chi connectivity index (χ3n) is 4.96. The van der Waals surface area contributed by atoms with Gasteiger partial charge in [-0.05, 0) is 68.8 Å². The van der Waals surface area contributed by atoms with E-state index in [9.17, 15) is 9.59 Å². The van der Waals surface area contributed by atoms with E-state index >= 15 is 0 Å². The summed E-state index contributed by atoms with van der Waals surface area (Å²) in [6.45, 7) is 7.67. The molecular weight excluding hydrogens is 336 g/mol. The Morgan fingerprint density at radius 2 is 1.88 bits per heavy atom. The van der Waals surface area contributed by atoms with Crippen molar-refractivity contribution < 1.29 is 14.3 Å². The minimum Gasteiger partial charge on any atom is -0.444 e. The summed E-state index contributed by atoms with van der Waals surface area (Å²) < 4.78 is 5.43. The Morgan fingerprint density at radius 3 is 2.48 bits per heavy atom. The third-order valence-corrected chi connectivity index (χ3v) is 5.66. The summed E-state index contributed by atoms with van der Waals surface area (Å²) in [6, 6.07) is 2.37. The Hall–Kier alpha value is -1.56. The number of ether oxygens (including phenoxy) is 1. The molecule has 138 valence electrons. The van der Waals surface area contributed by atoms with Gasteiger partial charge in [0.25, 0.3) is 0 Å². The van der Waals surface area contributed by atoms with Crippen LogP contribution >= 0.6 is 11.3 Å². The van der Waals surface area contributed by atoms with E-state index in [0.29, 0.717) is 13.1 Å². The van der Waals surface area contributed by atoms with Gasteiger partial charge in [-0.25, -0.2) is 4.79 Å². The van der Waals surface area contributed by atoms with Crippen LogP contribution in [0.15, 0.2) is 16.8 Å². The first kappa shape index (κ1) is 18.2. The topological polar surface area (TPSA) is 49.9 Å². The van der Waals surface area contributed by atoms with Crippen LogP contribution in [0, 0.1) is 5.92 Å². The molecule has 0 aromatic carbocycles. The maximum Gasteiger partial charge on any atom is 0.410 e. The second-order valence-electron chi connectivity index (χ2n) is 7.99. The zero-order chi connectivity index (χ0) is 18.0. The molecule has 6 heteroatoms. The van der Waals surface area contributed by atoms with Crippen LogP contribution in [0.1, 0.15) is 58.1 Å². The monoisotopic (exact) mass is 364 g/mol. The van der Waals surface area contributed by atoms with Crippen molar-refractivity contribution in [3.8, 4) is 0 Å². The van der Waals surface area contributed by atoms with E-state index in [1.165, 1.54) is 5.56 Å². The minimum atomic E-state index is -0.479. The van der Waals surface area contributed by atoms with Gasteiger partial charge in [0, 0.05) is 25.6 Å². The van der Waals surface area contributed by atoms with Crippen LogP contribution in [0.25, 0.3) is 0 Å². The van der Waals surface area contributed by atoms with Crippen molar-refractivity contribution in [2.24, 2.45) is 5.92 Å². The van der Waals surface area contributed by atoms with Gasteiger partial charge in [-0.2, -0.15) is 11.3 Å². The van der Waals surface area contributed by atoms with E-state index in [0.717, 1.165) is 32.2 Å². The van der Waals surface area contributed by atoms with Crippen LogP contribution in [-0.4, -0.2) is 47.0 Å². The van der Waals surface area contributed by atoms with Gasteiger partial charge in [0.05, 0.1) is 6.04 Å². The Labute approximate surface area is 153 Å². The van der Waals surface area contributed by atoms with E-state index in [1.807, 2.05) is 20.8 Å². The summed E-state index contributed by atoms with van der Waals surface area (Å²) in [6.07, 6.45) is 3.31. The molecule has 0 bridgehead atoms. The molecule has 0 aliphatic carbocycles. The van der Waals surface area contributed by atoms with E-state index in [4.69, 9.17) is 4.74 Å². The lowest BCUT2D eigenvalue weighted by molar-refractivity contribution is -0.138. The maximum absolute atomic E-state index is 13.0. The van der Waals surface area contributed by atoms with Crippen molar-refractivity contribution in [1.29, 1.82) is 0 Å². The van der Waals surface area contributed by atoms with Gasteiger partial charge in [-0.3, -0.25) is 4.79 Å². The minimum absolute atomic E-state index is 0.0259. The fraction of sp³-hybridized carbons (Fsp3) is 0.684. The number of hydrogen-bond acceptors (Lipinski definition) is 4. The molecule has 1 aromatic heterocycles. The second-order valence-corrected chi connectivity index (χ2v) is 8.77. The molecule has 0 N–H and O–H groups in total. The Bertz CT molecular complexity index is 601. The number of rotatable bonds is 2. The molecule has 5 nitrogen and oxygen atoms in total. The van der Waals surface area contributed by atoms with Crippen molar-refractivity contribution in [2.45, 2.75) is 58.1 Å². The smallest absolute Gasteiger partial charge is 0.410 e. The van der Waals surface area contributed by atoms with Gasteiger partial charge in [-0.1, -0.05) is 0 Å². The lowest BCUT2D eigenvalue weighted by atomic mass is 9.94. The Kier molecular flexibility index (Phi) is 5.37. The number of nitrogens with zero attached hydrogens (tertiary/aromatic N) is 2. The van der Waals surface area contributed by atoms with Gasteiger partial charge < -0.3 is 14.5 Å². The van der Waals surface area contributed by atoms with Crippen molar-refractivity contribution in [3.05, 3.63) is 22.4 Å². The number of hydrogen-bond donors (Lipinski definition) is 0. The van der Waals surface area contributed by atoms with E-state index in [2.05, 4.69) is 21.7 Å². The molecule has 0 saturated carbocycles. The third kappa shape index (κ3) is 4.35. The highest BCUT2D eigenvalue weighted by atomic mass is 32.1. The number of carbonyl (C=O) groups excluding carboxylic acids is 2. The van der Waals surface area contributed by atoms with Crippen molar-refractivity contribution >= 4 is 23.3 Å². The first-order valence-electron chi connectivity index (χ1n) is 9.15. The Morgan fingerprint density at radius 1 is 1.16 bits per heavy atom. The SMILES string of the molecule is CC(C)(C)OC(=O)N1CCC(C(=O)N2CCCC2c2ccsc2)CC1. The van der Waals surface area contributed by atoms with Crippen molar-refractivity contribution in [2.75, 3.05) is 19.6 Å². The first-order chi connectivity index (χ1) is 11.8. The van der Waals surface area contributed by atoms with Crippen LogP contribution in [0.3, 0.4) is 0 Å². The average Bonchev–Trinajstić information content (AvgIpc) is 3.23. The van der Waals surface area contributed by atoms with E-state index < -0.39 is 5.60 Å². The lowest BCUT2D eigenvalue weighted by Crippen LogP contribution is -2.45. The lowest BCUT2D eigenvalue weighted by Gasteiger charge is -2.35. The van der Waals surface area contributed by atoms with Crippen molar-refractivity contribution in [1.82, 2.24) is 9.80 Å². The summed E-state index contributed by atoms with van der Waals surface area (Å²) in [4.78, 5) is 29.0. The summed E-state index contributed by atoms with van der Waals surface area (Å²) in [5.74, 6) is 0.287. The number of carbonyl (C=O) groups is 2. The van der Waals surface area contributed by atoms with Gasteiger partial charge in [0.1, 0.15) is 5.60 Å². The molecule has 0 radical (unpaired) electrons. The number of amides is 2. The largest absolute Gasteiger partial charge is 0.444 e. The van der Waals surface area contributed by atoms with E-state index in [1.54, 1.807) is 16.2 Å². The van der Waals surface area contributed by atoms with Gasteiger partial charge in [0.2, 0.25) is 5.91 Å². The summed E-state index contributed by atoms with van der Waals surface area (Å²) in [5, 5.41) is 4.23. The highest BCUT2D eigenvalue weighted by molar-refractivity contribution is 7.07. The zero-order valence-electron chi connectivity index (χ0n) is 15.4. The van der Waals surface area contributed by atoms with Crippen LogP contribution in [0.2, 0.25) is 0 Å². The van der Waals surface area contributed by atoms with E-state index in [-0.39, 0.29) is 24.0 Å². The molecule has 1 atom stereocenters. The predicted molar refractivity (Wildman–Crippen MR) is 98.5 cm³/mol. The van der Waals surface area contributed by atoms with Crippen LogP contribution in [0.5, 0.6) is 0 Å². The molecule has 3 rings (SSSR count).